The van der Waals surface area contributed by atoms with Gasteiger partial charge in [-0.05, 0) is 77.0 Å². The zero-order chi connectivity index (χ0) is 31.2. The lowest BCUT2D eigenvalue weighted by Gasteiger charge is -2.43. The van der Waals surface area contributed by atoms with Gasteiger partial charge in [0, 0.05) is 44.6 Å². The van der Waals surface area contributed by atoms with Crippen LogP contribution in [0.25, 0.3) is 0 Å². The molecule has 10 nitrogen and oxygen atoms in total. The highest BCUT2D eigenvalue weighted by Gasteiger charge is 2.47. The zero-order valence-electron chi connectivity index (χ0n) is 27.3. The van der Waals surface area contributed by atoms with Crippen LogP contribution in [0.15, 0.2) is 24.3 Å². The molecule has 1 aromatic carbocycles. The van der Waals surface area contributed by atoms with Crippen LogP contribution < -0.4 is 16.4 Å². The van der Waals surface area contributed by atoms with Crippen LogP contribution in [0.5, 0.6) is 0 Å². The summed E-state index contributed by atoms with van der Waals surface area (Å²) in [6, 6.07) is 8.75. The topological polar surface area (TPSA) is 126 Å². The molecule has 5 N–H and O–H groups in total. The molecular weight excluding hydrogens is 591 g/mol. The van der Waals surface area contributed by atoms with Crippen molar-refractivity contribution in [3.63, 3.8) is 0 Å². The summed E-state index contributed by atoms with van der Waals surface area (Å²) >= 11 is 0. The van der Waals surface area contributed by atoms with Gasteiger partial charge in [-0.3, -0.25) is 0 Å². The highest BCUT2D eigenvalue weighted by atomic mass is 28.5. The van der Waals surface area contributed by atoms with E-state index in [9.17, 15) is 5.11 Å². The number of rotatable bonds is 23. The molecule has 0 spiro atoms. The molecule has 0 aliphatic rings. The third-order valence-corrected chi connectivity index (χ3v) is 19.5. The first-order valence-corrected chi connectivity index (χ1v) is 26.5. The Kier molecular flexibility index (Phi) is 17.3. The number of methoxy groups -OCH3 is 1. The minimum atomic E-state index is -2.64. The number of nitrogens with one attached hydrogen (secondary N) is 2. The Morgan fingerprint density at radius 1 is 0.780 bits per heavy atom. The summed E-state index contributed by atoms with van der Waals surface area (Å²) in [5, 5.41) is 17.0. The van der Waals surface area contributed by atoms with Crippen LogP contribution in [0, 0.1) is 0 Å². The van der Waals surface area contributed by atoms with Crippen molar-refractivity contribution in [3.8, 4) is 0 Å². The summed E-state index contributed by atoms with van der Waals surface area (Å²) in [6.45, 7) is 23.1. The smallest absolute Gasteiger partial charge is 0.330 e. The quantitative estimate of drug-likeness (QED) is 0.0797. The second-order valence-corrected chi connectivity index (χ2v) is 29.1. The lowest BCUT2D eigenvalue weighted by atomic mass is 10.2. The summed E-state index contributed by atoms with van der Waals surface area (Å²) in [4.78, 5) is 0. The first kappa shape index (κ1) is 38.6. The Balaban J connectivity index is 2.61. The van der Waals surface area contributed by atoms with Crippen molar-refractivity contribution in [2.75, 3.05) is 65.1 Å². The largest absolute Gasteiger partial charge is 0.436 e. The van der Waals surface area contributed by atoms with Crippen LogP contribution in [0.1, 0.15) is 12.5 Å². The summed E-state index contributed by atoms with van der Waals surface area (Å²) in [6.07, 6.45) is 0.142. The van der Waals surface area contributed by atoms with E-state index in [0.29, 0.717) is 39.1 Å². The minimum absolute atomic E-state index is 0.0623. The number of hydrogen-bond donors (Lipinski definition) is 4. The van der Waals surface area contributed by atoms with E-state index in [4.69, 9.17) is 32.3 Å². The standard InChI is InChI=1S/C27H59N3O7Si4/c1-24(32-2)20-33-17-18-34-21-27(31)19-29-15-16-30-23-41(10,36-39(6,7)8)37-40(9,35-38(3,4)5)22-25-11-13-26(28)14-12-25/h11-14,24,27,29-31H,15-23,28H2,1-10H3. The van der Waals surface area contributed by atoms with Crippen LogP contribution in [0.4, 0.5) is 5.69 Å². The molecule has 0 saturated heterocycles. The van der Waals surface area contributed by atoms with Gasteiger partial charge in [-0.1, -0.05) is 12.1 Å². The van der Waals surface area contributed by atoms with Crippen molar-refractivity contribution in [1.82, 2.24) is 10.6 Å². The molecule has 0 aliphatic carbocycles. The van der Waals surface area contributed by atoms with Crippen molar-refractivity contribution < 1.29 is 31.7 Å². The van der Waals surface area contributed by atoms with E-state index in [1.807, 2.05) is 19.1 Å². The van der Waals surface area contributed by atoms with Crippen LogP contribution in [0.2, 0.25) is 52.4 Å². The number of ether oxygens (including phenoxy) is 3. The second-order valence-electron chi connectivity index (χ2n) is 12.9. The monoisotopic (exact) mass is 649 g/mol. The van der Waals surface area contributed by atoms with Gasteiger partial charge in [0.05, 0.1) is 38.6 Å². The fourth-order valence-corrected chi connectivity index (χ4v) is 22.3. The van der Waals surface area contributed by atoms with Crippen molar-refractivity contribution in [1.29, 1.82) is 0 Å². The molecule has 0 aromatic heterocycles. The molecule has 0 aliphatic heterocycles. The lowest BCUT2D eigenvalue weighted by molar-refractivity contribution is -0.0220. The predicted octanol–water partition coefficient (Wildman–Crippen LogP) is 3.36. The zero-order valence-corrected chi connectivity index (χ0v) is 31.3. The molecule has 4 unspecified atom stereocenters. The molecule has 240 valence electrons. The van der Waals surface area contributed by atoms with Gasteiger partial charge < -0.3 is 48.0 Å². The van der Waals surface area contributed by atoms with Gasteiger partial charge in [0.25, 0.3) is 0 Å². The summed E-state index contributed by atoms with van der Waals surface area (Å²) < 4.78 is 36.8. The van der Waals surface area contributed by atoms with Crippen molar-refractivity contribution in [2.24, 2.45) is 0 Å². The average molecular weight is 650 g/mol. The third kappa shape index (κ3) is 19.4. The summed E-state index contributed by atoms with van der Waals surface area (Å²) in [5.41, 5.74) is 7.85. The minimum Gasteiger partial charge on any atom is -0.436 e. The Morgan fingerprint density at radius 3 is 1.88 bits per heavy atom. The average Bonchev–Trinajstić information content (AvgIpc) is 2.82. The number of aliphatic hydroxyl groups excluding tert-OH is 1. The highest BCUT2D eigenvalue weighted by Crippen LogP contribution is 2.27. The van der Waals surface area contributed by atoms with E-state index in [2.05, 4.69) is 75.1 Å². The Hall–Kier alpha value is -0.472. The first-order valence-electron chi connectivity index (χ1n) is 14.7. The Bertz CT molecular complexity index is 846. The summed E-state index contributed by atoms with van der Waals surface area (Å²) in [5.74, 6) is 0. The van der Waals surface area contributed by atoms with E-state index in [1.165, 1.54) is 5.56 Å². The van der Waals surface area contributed by atoms with Crippen molar-refractivity contribution in [3.05, 3.63) is 29.8 Å². The van der Waals surface area contributed by atoms with E-state index in [0.717, 1.165) is 18.3 Å². The van der Waals surface area contributed by atoms with Gasteiger partial charge in [0.1, 0.15) is 0 Å². The molecule has 14 heteroatoms. The fourth-order valence-electron chi connectivity index (χ4n) is 4.42. The van der Waals surface area contributed by atoms with Crippen LogP contribution in [-0.2, 0) is 32.6 Å². The maximum atomic E-state index is 10.2. The molecule has 0 fully saturated rings. The Morgan fingerprint density at radius 2 is 1.32 bits per heavy atom. The molecular formula is C27H59N3O7Si4. The molecule has 0 amide bonds. The number of nitrogen functional groups attached to an aromatic ring is 1. The molecule has 0 saturated carbocycles. The number of nitrogens with two attached hydrogens (primary N) is 1. The molecule has 0 bridgehead atoms. The first-order chi connectivity index (χ1) is 18.9. The molecule has 0 radical (unpaired) electrons. The number of anilines is 1. The van der Waals surface area contributed by atoms with E-state index in [-0.39, 0.29) is 12.7 Å². The molecule has 41 heavy (non-hydrogen) atoms. The van der Waals surface area contributed by atoms with Gasteiger partial charge in [0.2, 0.25) is 0 Å². The highest BCUT2D eigenvalue weighted by molar-refractivity contribution is 6.89. The van der Waals surface area contributed by atoms with Crippen molar-refractivity contribution in [2.45, 2.75) is 77.6 Å². The SMILES string of the molecule is COC(C)COCCOCC(O)CNCCNC[Si](C)(O[Si](C)(C)C)O[Si](C)(Cc1ccc(N)cc1)O[Si](C)(C)C. The maximum Gasteiger partial charge on any atom is 0.330 e. The van der Waals surface area contributed by atoms with Gasteiger partial charge in [-0.25, -0.2) is 0 Å². The molecule has 4 atom stereocenters. The van der Waals surface area contributed by atoms with E-state index < -0.39 is 39.9 Å². The number of aliphatic hydroxyl groups is 1. The number of hydrogen-bond acceptors (Lipinski definition) is 10. The van der Waals surface area contributed by atoms with E-state index in [1.54, 1.807) is 7.11 Å². The predicted molar refractivity (Wildman–Crippen MR) is 178 cm³/mol. The van der Waals surface area contributed by atoms with Gasteiger partial charge in [-0.2, -0.15) is 0 Å². The molecule has 1 aromatic rings. The van der Waals surface area contributed by atoms with Gasteiger partial charge >= 0.3 is 17.1 Å². The second kappa shape index (κ2) is 18.4. The van der Waals surface area contributed by atoms with Gasteiger partial charge in [-0.15, -0.1) is 0 Å². The number of benzene rings is 1. The van der Waals surface area contributed by atoms with Crippen molar-refractivity contribution >= 4 is 39.4 Å². The van der Waals surface area contributed by atoms with Gasteiger partial charge in [0.15, 0.2) is 16.6 Å². The fraction of sp³-hybridized carbons (Fsp3) is 0.778. The van der Waals surface area contributed by atoms with E-state index >= 15 is 0 Å². The lowest BCUT2D eigenvalue weighted by Crippen LogP contribution is -2.63. The molecule has 0 heterocycles. The van der Waals surface area contributed by atoms with Crippen LogP contribution in [-0.4, -0.2) is 110 Å². The Labute approximate surface area is 253 Å². The van der Waals surface area contributed by atoms with Crippen LogP contribution in [0.3, 0.4) is 0 Å². The summed E-state index contributed by atoms with van der Waals surface area (Å²) in [7, 11) is -7.39. The third-order valence-electron chi connectivity index (χ3n) is 5.72. The normalized spacial score (nSPS) is 17.1. The molecule has 1 rings (SSSR count). The van der Waals surface area contributed by atoms with Crippen LogP contribution >= 0.6 is 0 Å². The maximum absolute atomic E-state index is 10.2.